The fourth-order valence-corrected chi connectivity index (χ4v) is 4.70. The standard InChI is InChI=1S/C26H33N5O3/c1-4-5-6-13-31-24-23(18(2)25(31)29-12-8-10-20(27)15-29)28-17-30(26(24)33)16-22(32)19-9-7-11-21(14-19)34-3/h5-7,9,11,14,17,20H,4,8,10,12-13,15-16,27H2,1-3H3/t20-/m0/s1. The minimum Gasteiger partial charge on any atom is -0.497 e. The number of carbonyl (C=O) groups is 1. The number of hydrogen-bond donors (Lipinski definition) is 1. The lowest BCUT2D eigenvalue weighted by Gasteiger charge is -2.33. The molecule has 3 heterocycles. The molecule has 1 atom stereocenters. The van der Waals surface area contributed by atoms with Gasteiger partial charge in [-0.15, -0.1) is 0 Å². The molecule has 1 saturated heterocycles. The second-order valence-electron chi connectivity index (χ2n) is 8.82. The van der Waals surface area contributed by atoms with Crippen molar-refractivity contribution in [3.63, 3.8) is 0 Å². The van der Waals surface area contributed by atoms with Crippen LogP contribution in [0, 0.1) is 6.92 Å². The summed E-state index contributed by atoms with van der Waals surface area (Å²) in [6, 6.07) is 7.06. The van der Waals surface area contributed by atoms with Gasteiger partial charge in [0, 0.05) is 36.8 Å². The molecule has 0 unspecified atom stereocenters. The molecule has 34 heavy (non-hydrogen) atoms. The first-order valence-corrected chi connectivity index (χ1v) is 11.9. The zero-order valence-electron chi connectivity index (χ0n) is 20.2. The number of nitrogens with two attached hydrogens (primary N) is 1. The van der Waals surface area contributed by atoms with E-state index in [1.807, 2.05) is 11.5 Å². The van der Waals surface area contributed by atoms with Crippen molar-refractivity contribution >= 4 is 22.6 Å². The van der Waals surface area contributed by atoms with Gasteiger partial charge in [0.2, 0.25) is 0 Å². The number of hydrogen-bond acceptors (Lipinski definition) is 6. The number of ketones is 1. The summed E-state index contributed by atoms with van der Waals surface area (Å²) in [5.74, 6) is 1.42. The SMILES string of the molecule is CCC=CCn1c(N2CCC[C@H](N)C2)c(C)c2ncn(CC(=O)c3cccc(OC)c3)c(=O)c21. The minimum atomic E-state index is -0.221. The first-order valence-electron chi connectivity index (χ1n) is 11.9. The van der Waals surface area contributed by atoms with Gasteiger partial charge in [-0.3, -0.25) is 14.2 Å². The van der Waals surface area contributed by atoms with E-state index in [0.29, 0.717) is 28.9 Å². The van der Waals surface area contributed by atoms with Crippen LogP contribution in [0.1, 0.15) is 42.1 Å². The molecule has 0 aliphatic carbocycles. The Balaban J connectivity index is 1.78. The third-order valence-electron chi connectivity index (χ3n) is 6.38. The van der Waals surface area contributed by atoms with Crippen molar-refractivity contribution in [2.45, 2.75) is 52.2 Å². The summed E-state index contributed by atoms with van der Waals surface area (Å²) in [6.07, 6.45) is 8.58. The van der Waals surface area contributed by atoms with Gasteiger partial charge in [-0.1, -0.05) is 31.2 Å². The highest BCUT2D eigenvalue weighted by Gasteiger charge is 2.26. The topological polar surface area (TPSA) is 95.4 Å². The van der Waals surface area contributed by atoms with Crippen LogP contribution in [0.2, 0.25) is 0 Å². The number of ether oxygens (including phenoxy) is 1. The maximum absolute atomic E-state index is 13.6. The van der Waals surface area contributed by atoms with E-state index in [1.165, 1.54) is 10.9 Å². The summed E-state index contributed by atoms with van der Waals surface area (Å²) in [5.41, 5.74) is 8.71. The smallest absolute Gasteiger partial charge is 0.278 e. The van der Waals surface area contributed by atoms with Crippen LogP contribution < -0.4 is 20.9 Å². The summed E-state index contributed by atoms with van der Waals surface area (Å²) in [5, 5.41) is 0. The number of fused-ring (bicyclic) bond motifs is 1. The Hall–Kier alpha value is -3.39. The lowest BCUT2D eigenvalue weighted by atomic mass is 10.1. The molecule has 8 heteroatoms. The van der Waals surface area contributed by atoms with Crippen LogP contribution >= 0.6 is 0 Å². The first kappa shape index (κ1) is 23.8. The number of nitrogens with zero attached hydrogens (tertiary/aromatic N) is 4. The molecule has 4 rings (SSSR count). The second-order valence-corrected chi connectivity index (χ2v) is 8.82. The summed E-state index contributed by atoms with van der Waals surface area (Å²) in [7, 11) is 1.56. The molecule has 180 valence electrons. The molecule has 8 nitrogen and oxygen atoms in total. The highest BCUT2D eigenvalue weighted by molar-refractivity contribution is 5.96. The minimum absolute atomic E-state index is 0.0894. The van der Waals surface area contributed by atoms with Gasteiger partial charge in [0.05, 0.1) is 20.0 Å². The van der Waals surface area contributed by atoms with E-state index in [4.69, 9.17) is 10.5 Å². The predicted molar refractivity (Wildman–Crippen MR) is 135 cm³/mol. The van der Waals surface area contributed by atoms with Crippen molar-refractivity contribution in [3.8, 4) is 5.75 Å². The zero-order valence-corrected chi connectivity index (χ0v) is 20.2. The van der Waals surface area contributed by atoms with Crippen molar-refractivity contribution in [2.75, 3.05) is 25.1 Å². The van der Waals surface area contributed by atoms with Crippen molar-refractivity contribution in [2.24, 2.45) is 5.73 Å². The summed E-state index contributed by atoms with van der Waals surface area (Å²) in [6.45, 7) is 6.20. The van der Waals surface area contributed by atoms with Crippen LogP contribution in [0.4, 0.5) is 5.82 Å². The summed E-state index contributed by atoms with van der Waals surface area (Å²) >= 11 is 0. The molecule has 3 aromatic rings. The number of piperidine rings is 1. The lowest BCUT2D eigenvalue weighted by Crippen LogP contribution is -2.44. The first-order chi connectivity index (χ1) is 16.4. The second kappa shape index (κ2) is 10.3. The summed E-state index contributed by atoms with van der Waals surface area (Å²) < 4.78 is 8.66. The van der Waals surface area contributed by atoms with Crippen LogP contribution in [0.3, 0.4) is 0 Å². The van der Waals surface area contributed by atoms with E-state index in [0.717, 1.165) is 43.7 Å². The molecule has 1 aromatic carbocycles. The van der Waals surface area contributed by atoms with Crippen LogP contribution in [0.15, 0.2) is 47.5 Å². The maximum atomic E-state index is 13.6. The van der Waals surface area contributed by atoms with E-state index in [-0.39, 0.29) is 23.9 Å². The Morgan fingerprint density at radius 1 is 1.32 bits per heavy atom. The number of allylic oxidation sites excluding steroid dienone is 2. The zero-order chi connectivity index (χ0) is 24.2. The van der Waals surface area contributed by atoms with E-state index >= 15 is 0 Å². The number of Topliss-reactive ketones (excluding diaryl/α,β-unsaturated/α-hetero) is 1. The monoisotopic (exact) mass is 463 g/mol. The van der Waals surface area contributed by atoms with Gasteiger partial charge in [-0.2, -0.15) is 0 Å². The van der Waals surface area contributed by atoms with Crippen LogP contribution in [-0.4, -0.2) is 46.1 Å². The molecule has 0 bridgehead atoms. The number of benzene rings is 1. The van der Waals surface area contributed by atoms with E-state index in [1.54, 1.807) is 31.4 Å². The fourth-order valence-electron chi connectivity index (χ4n) is 4.70. The van der Waals surface area contributed by atoms with Gasteiger partial charge in [-0.25, -0.2) is 4.98 Å². The number of aryl methyl sites for hydroxylation is 1. The van der Waals surface area contributed by atoms with Gasteiger partial charge in [0.1, 0.15) is 22.6 Å². The molecular weight excluding hydrogens is 430 g/mol. The van der Waals surface area contributed by atoms with Crippen LogP contribution in [0.5, 0.6) is 5.75 Å². The Labute approximate surface area is 199 Å². The molecule has 2 N–H and O–H groups in total. The van der Waals surface area contributed by atoms with Gasteiger partial charge >= 0.3 is 0 Å². The number of aromatic nitrogens is 3. The molecule has 1 aliphatic heterocycles. The Morgan fingerprint density at radius 3 is 2.88 bits per heavy atom. The Bertz CT molecular complexity index is 1270. The van der Waals surface area contributed by atoms with Gasteiger partial charge in [0.15, 0.2) is 5.78 Å². The molecular formula is C26H33N5O3. The molecule has 1 aliphatic rings. The predicted octanol–water partition coefficient (Wildman–Crippen LogP) is 3.29. The lowest BCUT2D eigenvalue weighted by molar-refractivity contribution is 0.0970. The van der Waals surface area contributed by atoms with Crippen LogP contribution in [-0.2, 0) is 13.1 Å². The van der Waals surface area contributed by atoms with Gasteiger partial charge in [-0.05, 0) is 38.3 Å². The largest absolute Gasteiger partial charge is 0.497 e. The molecule has 0 saturated carbocycles. The fraction of sp³-hybridized carbons (Fsp3) is 0.423. The molecule has 2 aromatic heterocycles. The molecule has 0 radical (unpaired) electrons. The number of anilines is 1. The average molecular weight is 464 g/mol. The van der Waals surface area contributed by atoms with Crippen molar-refractivity contribution < 1.29 is 9.53 Å². The van der Waals surface area contributed by atoms with Crippen LogP contribution in [0.25, 0.3) is 11.0 Å². The quantitative estimate of drug-likeness (QED) is 0.407. The third kappa shape index (κ3) is 4.63. The third-order valence-corrected chi connectivity index (χ3v) is 6.38. The van der Waals surface area contributed by atoms with Gasteiger partial charge in [0.25, 0.3) is 5.56 Å². The van der Waals surface area contributed by atoms with Crippen molar-refractivity contribution in [3.05, 3.63) is 64.2 Å². The Kier molecular flexibility index (Phi) is 7.17. The van der Waals surface area contributed by atoms with E-state index in [2.05, 4.69) is 29.0 Å². The number of rotatable bonds is 8. The number of carbonyl (C=O) groups excluding carboxylic acids is 1. The van der Waals surface area contributed by atoms with Crippen molar-refractivity contribution in [1.82, 2.24) is 14.1 Å². The highest BCUT2D eigenvalue weighted by atomic mass is 16.5. The Morgan fingerprint density at radius 2 is 2.15 bits per heavy atom. The highest BCUT2D eigenvalue weighted by Crippen LogP contribution is 2.31. The van der Waals surface area contributed by atoms with Crippen molar-refractivity contribution in [1.29, 1.82) is 0 Å². The number of methoxy groups -OCH3 is 1. The van der Waals surface area contributed by atoms with Gasteiger partial charge < -0.3 is 19.9 Å². The van der Waals surface area contributed by atoms with E-state index in [9.17, 15) is 9.59 Å². The molecule has 1 fully saturated rings. The average Bonchev–Trinajstić information content (AvgIpc) is 3.13. The molecule has 0 amide bonds. The normalized spacial score (nSPS) is 16.5. The maximum Gasteiger partial charge on any atom is 0.278 e. The van der Waals surface area contributed by atoms with E-state index < -0.39 is 0 Å². The summed E-state index contributed by atoms with van der Waals surface area (Å²) in [4.78, 5) is 33.5. The molecule has 0 spiro atoms.